The van der Waals surface area contributed by atoms with E-state index in [0.29, 0.717) is 0 Å². The first-order valence-electron chi connectivity index (χ1n) is 6.21. The first-order chi connectivity index (χ1) is 11.1. The van der Waals surface area contributed by atoms with Gasteiger partial charge in [-0.2, -0.15) is 13.2 Å². The van der Waals surface area contributed by atoms with Gasteiger partial charge in [-0.1, -0.05) is 5.11 Å². The number of hydrogen-bond donors (Lipinski definition) is 4. The molecule has 0 aliphatic carbocycles. The van der Waals surface area contributed by atoms with Gasteiger partial charge in [-0.15, -0.1) is 0 Å². The Morgan fingerprint density at radius 1 is 1.46 bits per heavy atom. The van der Waals surface area contributed by atoms with Crippen LogP contribution >= 0.6 is 0 Å². The number of aliphatic hydroxyl groups excluding tert-OH is 3. The standard InChI is InChI=1S/C10H10F3N5O6/c11-10(12,13)3-1-18(8(23)15-6(3)22)7-4(20)5(21)9(2-19,24-7)16-17-14/h1,4-5,7,19-21H,2H2,(H,15,22,23)/t4-,5+,7-,9?/m1/s1. The minimum absolute atomic E-state index is 0.0886. The highest BCUT2D eigenvalue weighted by Crippen LogP contribution is 2.38. The Kier molecular flexibility index (Phi) is 4.43. The lowest BCUT2D eigenvalue weighted by Crippen LogP contribution is -2.44. The number of H-pyrrole nitrogens is 1. The summed E-state index contributed by atoms with van der Waals surface area (Å²) >= 11 is 0. The Morgan fingerprint density at radius 2 is 2.08 bits per heavy atom. The van der Waals surface area contributed by atoms with Crippen LogP contribution in [0.25, 0.3) is 10.4 Å². The molecule has 0 saturated carbocycles. The predicted octanol–water partition coefficient (Wildman–Crippen LogP) is -1.20. The summed E-state index contributed by atoms with van der Waals surface area (Å²) in [6, 6.07) is 0. The third-order valence-electron chi connectivity index (χ3n) is 3.39. The lowest BCUT2D eigenvalue weighted by molar-refractivity contribution is -0.141. The summed E-state index contributed by atoms with van der Waals surface area (Å²) in [4.78, 5) is 26.7. The molecule has 1 aliphatic heterocycles. The zero-order chi connectivity index (χ0) is 18.3. The van der Waals surface area contributed by atoms with Crippen molar-refractivity contribution in [3.05, 3.63) is 43.0 Å². The molecule has 1 unspecified atom stereocenters. The molecule has 0 spiro atoms. The molecule has 24 heavy (non-hydrogen) atoms. The lowest BCUT2D eigenvalue weighted by Gasteiger charge is -2.23. The molecular weight excluding hydrogens is 343 g/mol. The molecule has 1 aromatic rings. The SMILES string of the molecule is [N-]=[N+]=NC1(CO)O[C@@H](n2cc(C(F)(F)F)c(=O)[nH]c2=O)[C@H](O)[C@@H]1O. The van der Waals surface area contributed by atoms with Crippen molar-refractivity contribution in [1.82, 2.24) is 9.55 Å². The normalized spacial score (nSPS) is 30.2. The average molecular weight is 353 g/mol. The molecular formula is C10H10F3N5O6. The van der Waals surface area contributed by atoms with Crippen LogP contribution in [-0.2, 0) is 10.9 Å². The van der Waals surface area contributed by atoms with Gasteiger partial charge in [0.05, 0.1) is 6.61 Å². The van der Waals surface area contributed by atoms with Crippen LogP contribution in [0.15, 0.2) is 20.9 Å². The first kappa shape index (κ1) is 18.0. The van der Waals surface area contributed by atoms with Crippen molar-refractivity contribution in [3.63, 3.8) is 0 Å². The van der Waals surface area contributed by atoms with E-state index >= 15 is 0 Å². The first-order valence-corrected chi connectivity index (χ1v) is 6.21. The molecule has 1 aliphatic rings. The van der Waals surface area contributed by atoms with Crippen molar-refractivity contribution in [2.75, 3.05) is 6.61 Å². The van der Waals surface area contributed by atoms with Crippen molar-refractivity contribution in [1.29, 1.82) is 0 Å². The Labute approximate surface area is 129 Å². The van der Waals surface area contributed by atoms with Crippen molar-refractivity contribution in [2.45, 2.75) is 30.3 Å². The zero-order valence-electron chi connectivity index (χ0n) is 11.5. The van der Waals surface area contributed by atoms with Gasteiger partial charge in [-0.05, 0) is 5.53 Å². The highest BCUT2D eigenvalue weighted by atomic mass is 19.4. The van der Waals surface area contributed by atoms with Crippen molar-refractivity contribution in [2.24, 2.45) is 5.11 Å². The van der Waals surface area contributed by atoms with E-state index in [0.717, 1.165) is 0 Å². The topological polar surface area (TPSA) is 174 Å². The highest BCUT2D eigenvalue weighted by molar-refractivity contribution is 5.10. The number of alkyl halides is 3. The molecule has 14 heteroatoms. The Morgan fingerprint density at radius 3 is 2.58 bits per heavy atom. The number of azide groups is 1. The summed E-state index contributed by atoms with van der Waals surface area (Å²) in [5.74, 6) is 0. The molecule has 1 fully saturated rings. The van der Waals surface area contributed by atoms with Crippen molar-refractivity contribution < 1.29 is 33.2 Å². The largest absolute Gasteiger partial charge is 0.423 e. The van der Waals surface area contributed by atoms with Gasteiger partial charge in [0.15, 0.2) is 6.23 Å². The van der Waals surface area contributed by atoms with Crippen LogP contribution in [0.4, 0.5) is 13.2 Å². The molecule has 1 saturated heterocycles. The summed E-state index contributed by atoms with van der Waals surface area (Å²) in [6.45, 7) is -1.13. The summed E-state index contributed by atoms with van der Waals surface area (Å²) in [5, 5.41) is 31.9. The van der Waals surface area contributed by atoms with Gasteiger partial charge >= 0.3 is 11.9 Å². The average Bonchev–Trinajstić information content (AvgIpc) is 2.72. The van der Waals surface area contributed by atoms with E-state index in [1.807, 2.05) is 0 Å². The van der Waals surface area contributed by atoms with Crippen molar-refractivity contribution in [3.8, 4) is 0 Å². The lowest BCUT2D eigenvalue weighted by atomic mass is 10.1. The van der Waals surface area contributed by atoms with Crippen LogP contribution < -0.4 is 11.2 Å². The number of aromatic amines is 1. The maximum absolute atomic E-state index is 12.8. The smallest absolute Gasteiger partial charge is 0.393 e. The minimum Gasteiger partial charge on any atom is -0.393 e. The highest BCUT2D eigenvalue weighted by Gasteiger charge is 2.55. The fourth-order valence-electron chi connectivity index (χ4n) is 2.19. The molecule has 2 rings (SSSR count). The van der Waals surface area contributed by atoms with Gasteiger partial charge in [0.1, 0.15) is 17.8 Å². The molecule has 4 atom stereocenters. The number of halogens is 3. The second kappa shape index (κ2) is 5.92. The van der Waals surface area contributed by atoms with E-state index in [9.17, 15) is 38.1 Å². The number of hydrogen-bond acceptors (Lipinski definition) is 7. The zero-order valence-corrected chi connectivity index (χ0v) is 11.5. The quantitative estimate of drug-likeness (QED) is 0.302. The van der Waals surface area contributed by atoms with Crippen LogP contribution in [0.5, 0.6) is 0 Å². The van der Waals surface area contributed by atoms with E-state index in [-0.39, 0.29) is 10.8 Å². The Balaban J connectivity index is 2.59. The number of ether oxygens (including phenoxy) is 1. The molecule has 1 aromatic heterocycles. The minimum atomic E-state index is -5.11. The van der Waals surface area contributed by atoms with Crippen LogP contribution in [0.2, 0.25) is 0 Å². The molecule has 132 valence electrons. The number of rotatable bonds is 3. The van der Waals surface area contributed by atoms with Crippen LogP contribution in [-0.4, -0.2) is 49.4 Å². The second-order valence-corrected chi connectivity index (χ2v) is 4.84. The number of aliphatic hydroxyl groups is 3. The van der Waals surface area contributed by atoms with Gasteiger partial charge in [-0.25, -0.2) is 4.79 Å². The molecule has 0 radical (unpaired) electrons. The summed E-state index contributed by atoms with van der Waals surface area (Å²) in [6.07, 6.45) is -11.1. The summed E-state index contributed by atoms with van der Waals surface area (Å²) < 4.78 is 43.4. The summed E-state index contributed by atoms with van der Waals surface area (Å²) in [5.41, 5.74) is 1.19. The third kappa shape index (κ3) is 2.76. The van der Waals surface area contributed by atoms with Gasteiger partial charge in [0.2, 0.25) is 5.72 Å². The number of nitrogens with one attached hydrogen (secondary N) is 1. The van der Waals surface area contributed by atoms with E-state index in [1.54, 1.807) is 0 Å². The van der Waals surface area contributed by atoms with Gasteiger partial charge in [0, 0.05) is 11.1 Å². The number of nitrogens with zero attached hydrogens (tertiary/aromatic N) is 4. The fourth-order valence-corrected chi connectivity index (χ4v) is 2.19. The maximum Gasteiger partial charge on any atom is 0.423 e. The van der Waals surface area contributed by atoms with E-state index < -0.39 is 53.8 Å². The van der Waals surface area contributed by atoms with Crippen LogP contribution in [0.3, 0.4) is 0 Å². The molecule has 4 N–H and O–H groups in total. The molecule has 11 nitrogen and oxygen atoms in total. The Bertz CT molecular complexity index is 799. The van der Waals surface area contributed by atoms with Gasteiger partial charge in [-0.3, -0.25) is 14.3 Å². The van der Waals surface area contributed by atoms with Crippen LogP contribution in [0.1, 0.15) is 11.8 Å². The monoisotopic (exact) mass is 353 g/mol. The fraction of sp³-hybridized carbons (Fsp3) is 0.600. The maximum atomic E-state index is 12.8. The predicted molar refractivity (Wildman–Crippen MR) is 67.4 cm³/mol. The molecule has 0 amide bonds. The molecule has 0 bridgehead atoms. The van der Waals surface area contributed by atoms with Gasteiger partial charge in [0.25, 0.3) is 5.56 Å². The van der Waals surface area contributed by atoms with E-state index in [2.05, 4.69) is 10.0 Å². The second-order valence-electron chi connectivity index (χ2n) is 4.84. The Hall–Kier alpha value is -2.38. The van der Waals surface area contributed by atoms with E-state index in [1.165, 1.54) is 4.98 Å². The van der Waals surface area contributed by atoms with E-state index in [4.69, 9.17) is 10.3 Å². The molecule has 0 aromatic carbocycles. The number of aromatic nitrogens is 2. The van der Waals surface area contributed by atoms with Crippen LogP contribution in [0, 0.1) is 0 Å². The van der Waals surface area contributed by atoms with Gasteiger partial charge < -0.3 is 20.1 Å². The third-order valence-corrected chi connectivity index (χ3v) is 3.39. The van der Waals surface area contributed by atoms with Crippen molar-refractivity contribution >= 4 is 0 Å². The molecule has 2 heterocycles. The summed E-state index contributed by atoms with van der Waals surface area (Å²) in [7, 11) is 0.